The van der Waals surface area contributed by atoms with Gasteiger partial charge in [-0.15, -0.1) is 0 Å². The molecule has 1 aliphatic rings. The lowest BCUT2D eigenvalue weighted by Gasteiger charge is -2.15. The van der Waals surface area contributed by atoms with Gasteiger partial charge in [0.2, 0.25) is 5.91 Å². The molecule has 1 fully saturated rings. The SMILES string of the molecule is CC[C@H](C)c1ccc(C(=O)COC(=O)c2ccc(CN3CCCC3=O)cc2)cc1. The Morgan fingerprint density at radius 1 is 1.03 bits per heavy atom. The molecule has 2 aromatic carbocycles. The minimum Gasteiger partial charge on any atom is -0.454 e. The van der Waals surface area contributed by atoms with E-state index >= 15 is 0 Å². The van der Waals surface area contributed by atoms with E-state index in [4.69, 9.17) is 4.74 Å². The third kappa shape index (κ3) is 5.31. The van der Waals surface area contributed by atoms with Gasteiger partial charge in [-0.25, -0.2) is 4.79 Å². The van der Waals surface area contributed by atoms with Crippen molar-refractivity contribution in [3.63, 3.8) is 0 Å². The van der Waals surface area contributed by atoms with Gasteiger partial charge in [0.15, 0.2) is 12.4 Å². The highest BCUT2D eigenvalue weighted by molar-refractivity contribution is 5.99. The number of rotatable bonds is 8. The fourth-order valence-electron chi connectivity index (χ4n) is 3.37. The molecule has 1 atom stereocenters. The number of esters is 1. The number of Topliss-reactive ketones (excluding diaryl/α,β-unsaturated/α-hetero) is 1. The number of likely N-dealkylation sites (tertiary alicyclic amines) is 1. The molecule has 1 amide bonds. The fraction of sp³-hybridized carbons (Fsp3) is 0.375. The first kappa shape index (κ1) is 20.8. The van der Waals surface area contributed by atoms with Crippen LogP contribution >= 0.6 is 0 Å². The number of carbonyl (C=O) groups is 3. The molecular weight excluding hydrogens is 366 g/mol. The molecule has 0 spiro atoms. The second-order valence-corrected chi connectivity index (χ2v) is 7.55. The van der Waals surface area contributed by atoms with Gasteiger partial charge < -0.3 is 9.64 Å². The number of benzene rings is 2. The summed E-state index contributed by atoms with van der Waals surface area (Å²) in [7, 11) is 0. The smallest absolute Gasteiger partial charge is 0.338 e. The van der Waals surface area contributed by atoms with Crippen LogP contribution in [0.2, 0.25) is 0 Å². The van der Waals surface area contributed by atoms with Crippen LogP contribution in [-0.2, 0) is 16.1 Å². The maximum Gasteiger partial charge on any atom is 0.338 e. The average Bonchev–Trinajstić information content (AvgIpc) is 3.16. The van der Waals surface area contributed by atoms with Gasteiger partial charge in [-0.05, 0) is 42.0 Å². The van der Waals surface area contributed by atoms with Crippen molar-refractivity contribution in [2.75, 3.05) is 13.2 Å². The van der Waals surface area contributed by atoms with Crippen LogP contribution in [0.3, 0.4) is 0 Å². The summed E-state index contributed by atoms with van der Waals surface area (Å²) in [6, 6.07) is 14.4. The van der Waals surface area contributed by atoms with Crippen LogP contribution < -0.4 is 0 Å². The molecule has 1 saturated heterocycles. The molecule has 0 unspecified atom stereocenters. The molecule has 0 N–H and O–H groups in total. The first-order chi connectivity index (χ1) is 14.0. The maximum absolute atomic E-state index is 12.3. The monoisotopic (exact) mass is 393 g/mol. The normalized spacial score (nSPS) is 14.7. The van der Waals surface area contributed by atoms with Crippen LogP contribution in [0.15, 0.2) is 48.5 Å². The highest BCUT2D eigenvalue weighted by Gasteiger charge is 2.20. The van der Waals surface area contributed by atoms with Crippen molar-refractivity contribution in [1.82, 2.24) is 4.90 Å². The number of nitrogens with zero attached hydrogens (tertiary/aromatic N) is 1. The molecule has 1 heterocycles. The highest BCUT2D eigenvalue weighted by Crippen LogP contribution is 2.19. The van der Waals surface area contributed by atoms with Crippen molar-refractivity contribution in [2.45, 2.75) is 45.6 Å². The second kappa shape index (κ2) is 9.50. The fourth-order valence-corrected chi connectivity index (χ4v) is 3.37. The highest BCUT2D eigenvalue weighted by atomic mass is 16.5. The molecule has 0 aromatic heterocycles. The van der Waals surface area contributed by atoms with Crippen LogP contribution in [0.5, 0.6) is 0 Å². The lowest BCUT2D eigenvalue weighted by molar-refractivity contribution is -0.128. The van der Waals surface area contributed by atoms with E-state index in [1.807, 2.05) is 29.2 Å². The topological polar surface area (TPSA) is 63.7 Å². The maximum atomic E-state index is 12.3. The summed E-state index contributed by atoms with van der Waals surface area (Å²) >= 11 is 0. The minimum absolute atomic E-state index is 0.171. The number of ketones is 1. The van der Waals surface area contributed by atoms with Gasteiger partial charge in [0, 0.05) is 25.1 Å². The number of carbonyl (C=O) groups excluding carboxylic acids is 3. The van der Waals surface area contributed by atoms with Gasteiger partial charge in [-0.2, -0.15) is 0 Å². The predicted octanol–water partition coefficient (Wildman–Crippen LogP) is 4.36. The van der Waals surface area contributed by atoms with Gasteiger partial charge in [-0.3, -0.25) is 9.59 Å². The largest absolute Gasteiger partial charge is 0.454 e. The molecule has 29 heavy (non-hydrogen) atoms. The quantitative estimate of drug-likeness (QED) is 0.494. The van der Waals surface area contributed by atoms with Gasteiger partial charge in [0.05, 0.1) is 5.56 Å². The summed E-state index contributed by atoms with van der Waals surface area (Å²) in [6.45, 7) is 5.32. The Hall–Kier alpha value is -2.95. The van der Waals surface area contributed by atoms with E-state index in [1.165, 1.54) is 5.56 Å². The molecule has 0 aliphatic carbocycles. The molecule has 152 valence electrons. The first-order valence-electron chi connectivity index (χ1n) is 10.1. The summed E-state index contributed by atoms with van der Waals surface area (Å²) in [5, 5.41) is 0. The standard InChI is InChI=1S/C24H27NO4/c1-3-17(2)19-10-12-20(13-11-19)22(26)16-29-24(28)21-8-6-18(7-9-21)15-25-14-4-5-23(25)27/h6-13,17H,3-5,14-16H2,1-2H3/t17-/m0/s1. The van der Waals surface area contributed by atoms with E-state index in [-0.39, 0.29) is 18.3 Å². The summed E-state index contributed by atoms with van der Waals surface area (Å²) in [4.78, 5) is 38.1. The molecule has 0 radical (unpaired) electrons. The minimum atomic E-state index is -0.529. The van der Waals surface area contributed by atoms with E-state index in [2.05, 4.69) is 13.8 Å². The molecule has 2 aromatic rings. The number of amides is 1. The van der Waals surface area contributed by atoms with E-state index in [0.29, 0.717) is 30.0 Å². The summed E-state index contributed by atoms with van der Waals surface area (Å²) < 4.78 is 5.18. The third-order valence-corrected chi connectivity index (χ3v) is 5.48. The molecule has 1 aliphatic heterocycles. The Bertz CT molecular complexity index is 871. The number of hydrogen-bond donors (Lipinski definition) is 0. The lowest BCUT2D eigenvalue weighted by Crippen LogP contribution is -2.23. The third-order valence-electron chi connectivity index (χ3n) is 5.48. The first-order valence-corrected chi connectivity index (χ1v) is 10.1. The molecular formula is C24H27NO4. The van der Waals surface area contributed by atoms with Crippen molar-refractivity contribution in [3.05, 3.63) is 70.8 Å². The molecule has 0 saturated carbocycles. The van der Waals surface area contributed by atoms with Crippen molar-refractivity contribution < 1.29 is 19.1 Å². The molecule has 0 bridgehead atoms. The zero-order chi connectivity index (χ0) is 20.8. The molecule has 5 nitrogen and oxygen atoms in total. The van der Waals surface area contributed by atoms with E-state index in [1.54, 1.807) is 24.3 Å². The summed E-state index contributed by atoms with van der Waals surface area (Å²) in [5.74, 6) is -0.135. The van der Waals surface area contributed by atoms with Crippen LogP contribution in [0.4, 0.5) is 0 Å². The van der Waals surface area contributed by atoms with Crippen LogP contribution in [-0.4, -0.2) is 35.7 Å². The van der Waals surface area contributed by atoms with Crippen molar-refractivity contribution >= 4 is 17.7 Å². The Balaban J connectivity index is 1.52. The van der Waals surface area contributed by atoms with Crippen LogP contribution in [0, 0.1) is 0 Å². The van der Waals surface area contributed by atoms with Gasteiger partial charge >= 0.3 is 5.97 Å². The summed E-state index contributed by atoms with van der Waals surface area (Å²) in [6.07, 6.45) is 2.55. The second-order valence-electron chi connectivity index (χ2n) is 7.55. The Morgan fingerprint density at radius 3 is 2.28 bits per heavy atom. The lowest BCUT2D eigenvalue weighted by atomic mass is 9.97. The zero-order valence-electron chi connectivity index (χ0n) is 17.0. The Labute approximate surface area is 171 Å². The van der Waals surface area contributed by atoms with Gasteiger partial charge in [0.1, 0.15) is 0 Å². The van der Waals surface area contributed by atoms with Gasteiger partial charge in [0.25, 0.3) is 0 Å². The van der Waals surface area contributed by atoms with E-state index < -0.39 is 5.97 Å². The van der Waals surface area contributed by atoms with Crippen molar-refractivity contribution in [1.29, 1.82) is 0 Å². The van der Waals surface area contributed by atoms with E-state index in [9.17, 15) is 14.4 Å². The molecule has 3 rings (SSSR count). The van der Waals surface area contributed by atoms with Crippen LogP contribution in [0.25, 0.3) is 0 Å². The number of hydrogen-bond acceptors (Lipinski definition) is 4. The van der Waals surface area contributed by atoms with Crippen molar-refractivity contribution in [2.24, 2.45) is 0 Å². The molecule has 5 heteroatoms. The number of ether oxygens (including phenoxy) is 1. The Kier molecular flexibility index (Phi) is 6.81. The predicted molar refractivity (Wildman–Crippen MR) is 111 cm³/mol. The zero-order valence-corrected chi connectivity index (χ0v) is 17.0. The summed E-state index contributed by atoms with van der Waals surface area (Å²) in [5.41, 5.74) is 3.09. The van der Waals surface area contributed by atoms with E-state index in [0.717, 1.165) is 24.9 Å². The van der Waals surface area contributed by atoms with Gasteiger partial charge in [-0.1, -0.05) is 50.2 Å². The van der Waals surface area contributed by atoms with Crippen LogP contribution in [0.1, 0.15) is 70.9 Å². The van der Waals surface area contributed by atoms with Crippen molar-refractivity contribution in [3.8, 4) is 0 Å². The Morgan fingerprint density at radius 2 is 1.69 bits per heavy atom. The average molecular weight is 393 g/mol.